The number of nitrogens with one attached hydrogen (secondary N) is 1. The Bertz CT molecular complexity index is 548. The summed E-state index contributed by atoms with van der Waals surface area (Å²) >= 11 is 5.78. The van der Waals surface area contributed by atoms with Gasteiger partial charge in [-0.3, -0.25) is 9.48 Å². The average Bonchev–Trinajstić information content (AvgIpc) is 2.56. The lowest BCUT2D eigenvalue weighted by molar-refractivity contribution is -0.137. The van der Waals surface area contributed by atoms with E-state index in [1.165, 1.54) is 13.2 Å². The summed E-state index contributed by atoms with van der Waals surface area (Å²) in [7, 11) is -2.47. The number of aromatic nitrogens is 2. The maximum absolute atomic E-state index is 12.2. The Balaban J connectivity index is 3.04. The molecule has 0 aliphatic heterocycles. The van der Waals surface area contributed by atoms with Gasteiger partial charge in [-0.05, 0) is 5.92 Å². The molecular weight excluding hydrogens is 294 g/mol. The first-order valence-corrected chi connectivity index (χ1v) is 7.43. The van der Waals surface area contributed by atoms with Gasteiger partial charge in [0.05, 0.1) is 17.6 Å². The highest BCUT2D eigenvalue weighted by molar-refractivity contribution is 7.89. The van der Waals surface area contributed by atoms with Crippen LogP contribution in [0.1, 0.15) is 20.3 Å². The van der Waals surface area contributed by atoms with E-state index in [1.807, 2.05) is 0 Å². The third-order valence-electron chi connectivity index (χ3n) is 2.60. The first-order chi connectivity index (χ1) is 8.65. The maximum Gasteiger partial charge on any atom is 0.304 e. The van der Waals surface area contributed by atoms with Crippen molar-refractivity contribution in [3.05, 3.63) is 11.2 Å². The van der Waals surface area contributed by atoms with Gasteiger partial charge in [0.25, 0.3) is 10.0 Å². The van der Waals surface area contributed by atoms with E-state index in [-0.39, 0.29) is 22.4 Å². The molecule has 0 saturated heterocycles. The fraction of sp³-hybridized carbons (Fsp3) is 0.600. The van der Waals surface area contributed by atoms with E-state index < -0.39 is 22.0 Å². The van der Waals surface area contributed by atoms with E-state index in [4.69, 9.17) is 16.7 Å². The Kier molecular flexibility index (Phi) is 4.94. The second-order valence-corrected chi connectivity index (χ2v) is 6.53. The number of nitrogens with zero attached hydrogens (tertiary/aromatic N) is 2. The van der Waals surface area contributed by atoms with Crippen LogP contribution < -0.4 is 4.72 Å². The van der Waals surface area contributed by atoms with Crippen molar-refractivity contribution >= 4 is 27.6 Å². The number of carboxylic acid groups (broad SMARTS) is 1. The number of rotatable bonds is 6. The van der Waals surface area contributed by atoms with Gasteiger partial charge >= 0.3 is 5.97 Å². The zero-order valence-corrected chi connectivity index (χ0v) is 12.4. The highest BCUT2D eigenvalue weighted by Crippen LogP contribution is 2.21. The van der Waals surface area contributed by atoms with Crippen LogP contribution in [0, 0.1) is 5.92 Å². The normalized spacial score (nSPS) is 13.7. The highest BCUT2D eigenvalue weighted by atomic mass is 35.5. The molecule has 0 radical (unpaired) electrons. The minimum atomic E-state index is -3.91. The van der Waals surface area contributed by atoms with Crippen molar-refractivity contribution in [3.63, 3.8) is 0 Å². The molecule has 19 heavy (non-hydrogen) atoms. The molecular formula is C10H16ClN3O4S. The molecule has 1 aromatic rings. The molecule has 0 fully saturated rings. The van der Waals surface area contributed by atoms with Gasteiger partial charge in [0.1, 0.15) is 0 Å². The zero-order chi connectivity index (χ0) is 14.8. The van der Waals surface area contributed by atoms with Gasteiger partial charge in [-0.2, -0.15) is 5.10 Å². The first-order valence-electron chi connectivity index (χ1n) is 5.56. The molecule has 1 rings (SSSR count). The number of hydrogen-bond donors (Lipinski definition) is 2. The van der Waals surface area contributed by atoms with Crippen molar-refractivity contribution in [1.82, 2.24) is 14.5 Å². The van der Waals surface area contributed by atoms with Gasteiger partial charge in [0.2, 0.25) is 0 Å². The molecule has 1 aromatic heterocycles. The molecule has 1 heterocycles. The lowest BCUT2D eigenvalue weighted by Gasteiger charge is -2.20. The fourth-order valence-corrected chi connectivity index (χ4v) is 3.60. The molecule has 0 aliphatic rings. The Morgan fingerprint density at radius 3 is 2.53 bits per heavy atom. The van der Waals surface area contributed by atoms with E-state index in [1.54, 1.807) is 13.8 Å². The summed E-state index contributed by atoms with van der Waals surface area (Å²) in [5, 5.41) is 12.4. The zero-order valence-electron chi connectivity index (χ0n) is 10.8. The molecule has 2 N–H and O–H groups in total. The molecule has 0 saturated carbocycles. The van der Waals surface area contributed by atoms with E-state index in [0.717, 1.165) is 4.68 Å². The molecule has 1 unspecified atom stereocenters. The van der Waals surface area contributed by atoms with Crippen molar-refractivity contribution < 1.29 is 18.3 Å². The molecule has 0 spiro atoms. The number of halogens is 1. The lowest BCUT2D eigenvalue weighted by atomic mass is 10.0. The van der Waals surface area contributed by atoms with Crippen LogP contribution in [0.15, 0.2) is 11.2 Å². The summed E-state index contributed by atoms with van der Waals surface area (Å²) in [4.78, 5) is 10.7. The average molecular weight is 310 g/mol. The molecule has 0 amide bonds. The predicted octanol–water partition coefficient (Wildman–Crippen LogP) is 0.851. The topological polar surface area (TPSA) is 101 Å². The number of hydrogen-bond acceptors (Lipinski definition) is 4. The molecule has 0 aliphatic carbocycles. The van der Waals surface area contributed by atoms with Gasteiger partial charge in [-0.25, -0.2) is 13.1 Å². The molecule has 108 valence electrons. The number of carboxylic acids is 1. The maximum atomic E-state index is 12.2. The summed E-state index contributed by atoms with van der Waals surface area (Å²) in [5.74, 6) is -1.24. The van der Waals surface area contributed by atoms with Crippen molar-refractivity contribution in [3.8, 4) is 0 Å². The quantitative estimate of drug-likeness (QED) is 0.811. The Morgan fingerprint density at radius 2 is 2.16 bits per heavy atom. The minimum Gasteiger partial charge on any atom is -0.481 e. The monoisotopic (exact) mass is 309 g/mol. The van der Waals surface area contributed by atoms with Crippen LogP contribution in [-0.4, -0.2) is 35.3 Å². The van der Waals surface area contributed by atoms with Crippen LogP contribution in [0.2, 0.25) is 5.02 Å². The molecule has 0 bridgehead atoms. The third-order valence-corrected chi connectivity index (χ3v) is 4.60. The van der Waals surface area contributed by atoms with Gasteiger partial charge in [0, 0.05) is 13.1 Å². The summed E-state index contributed by atoms with van der Waals surface area (Å²) < 4.78 is 27.8. The minimum absolute atomic E-state index is 0.00664. The number of aliphatic carboxylic acids is 1. The van der Waals surface area contributed by atoms with Crippen molar-refractivity contribution in [1.29, 1.82) is 0 Å². The number of carbonyl (C=O) groups is 1. The van der Waals surface area contributed by atoms with Crippen molar-refractivity contribution in [2.24, 2.45) is 13.0 Å². The molecule has 0 aromatic carbocycles. The van der Waals surface area contributed by atoms with Gasteiger partial charge < -0.3 is 5.11 Å². The standard InChI is InChI=1S/C10H16ClN3O4S/c1-6(2)8(4-9(15)16)13-19(17,18)10-7(11)5-12-14(10)3/h5-6,8,13H,4H2,1-3H3,(H,15,16). The van der Waals surface area contributed by atoms with Crippen LogP contribution in [-0.2, 0) is 21.9 Å². The number of sulfonamides is 1. The number of aryl methyl sites for hydroxylation is 1. The van der Waals surface area contributed by atoms with E-state index in [9.17, 15) is 13.2 Å². The third kappa shape index (κ3) is 3.92. The highest BCUT2D eigenvalue weighted by Gasteiger charge is 2.28. The fourth-order valence-electron chi connectivity index (χ4n) is 1.56. The first kappa shape index (κ1) is 15.9. The van der Waals surface area contributed by atoms with Crippen LogP contribution in [0.5, 0.6) is 0 Å². The van der Waals surface area contributed by atoms with E-state index >= 15 is 0 Å². The van der Waals surface area contributed by atoms with E-state index in [0.29, 0.717) is 0 Å². The lowest BCUT2D eigenvalue weighted by Crippen LogP contribution is -2.40. The Labute approximate surface area is 116 Å². The van der Waals surface area contributed by atoms with Crippen LogP contribution in [0.25, 0.3) is 0 Å². The Hall–Kier alpha value is -1.12. The summed E-state index contributed by atoms with van der Waals surface area (Å²) in [6.07, 6.45) is 0.921. The molecule has 9 heteroatoms. The second kappa shape index (κ2) is 5.89. The SMILES string of the molecule is CC(C)C(CC(=O)O)NS(=O)(=O)c1c(Cl)cnn1C. The summed E-state index contributed by atoms with van der Waals surface area (Å²) in [5.41, 5.74) is 0. The molecule has 7 nitrogen and oxygen atoms in total. The largest absolute Gasteiger partial charge is 0.481 e. The van der Waals surface area contributed by atoms with Crippen LogP contribution in [0.3, 0.4) is 0 Å². The van der Waals surface area contributed by atoms with Gasteiger partial charge in [-0.15, -0.1) is 0 Å². The van der Waals surface area contributed by atoms with Crippen LogP contribution in [0.4, 0.5) is 0 Å². The van der Waals surface area contributed by atoms with E-state index in [2.05, 4.69) is 9.82 Å². The van der Waals surface area contributed by atoms with Crippen molar-refractivity contribution in [2.75, 3.05) is 0 Å². The molecule has 1 atom stereocenters. The summed E-state index contributed by atoms with van der Waals surface area (Å²) in [6, 6.07) is -0.714. The smallest absolute Gasteiger partial charge is 0.304 e. The summed E-state index contributed by atoms with van der Waals surface area (Å²) in [6.45, 7) is 3.47. The van der Waals surface area contributed by atoms with Crippen molar-refractivity contribution in [2.45, 2.75) is 31.3 Å². The second-order valence-electron chi connectivity index (χ2n) is 4.49. The van der Waals surface area contributed by atoms with Gasteiger partial charge in [0.15, 0.2) is 5.03 Å². The predicted molar refractivity (Wildman–Crippen MR) is 69.4 cm³/mol. The van der Waals surface area contributed by atoms with Crippen LogP contribution >= 0.6 is 11.6 Å². The Morgan fingerprint density at radius 1 is 1.58 bits per heavy atom. The van der Waals surface area contributed by atoms with Gasteiger partial charge in [-0.1, -0.05) is 25.4 Å².